The zero-order chi connectivity index (χ0) is 19.8. The van der Waals surface area contributed by atoms with Crippen LogP contribution in [0.1, 0.15) is 43.1 Å². The maximum atomic E-state index is 4.75. The Labute approximate surface area is 175 Å². The van der Waals surface area contributed by atoms with Crippen molar-refractivity contribution in [1.82, 2.24) is 20.6 Å². The van der Waals surface area contributed by atoms with Gasteiger partial charge in [-0.1, -0.05) is 44.2 Å². The van der Waals surface area contributed by atoms with Crippen LogP contribution in [0.3, 0.4) is 0 Å². The van der Waals surface area contributed by atoms with Gasteiger partial charge in [-0.2, -0.15) is 0 Å². The molecule has 28 heavy (non-hydrogen) atoms. The molecule has 0 amide bonds. The molecule has 2 aromatic heterocycles. The van der Waals surface area contributed by atoms with Gasteiger partial charge in [-0.25, -0.2) is 15.0 Å². The number of thiazole rings is 2. The minimum absolute atomic E-state index is 0.458. The summed E-state index contributed by atoms with van der Waals surface area (Å²) in [4.78, 5) is 14.1. The van der Waals surface area contributed by atoms with Crippen LogP contribution in [0, 0.1) is 0 Å². The Kier molecular flexibility index (Phi) is 7.56. The van der Waals surface area contributed by atoms with Gasteiger partial charge in [-0.05, 0) is 12.8 Å². The van der Waals surface area contributed by atoms with Gasteiger partial charge < -0.3 is 10.6 Å². The predicted octanol–water partition coefficient (Wildman–Crippen LogP) is 4.69. The summed E-state index contributed by atoms with van der Waals surface area (Å²) in [5.41, 5.74) is 3.42. The summed E-state index contributed by atoms with van der Waals surface area (Å²) in [5.74, 6) is 1.28. The van der Waals surface area contributed by atoms with Crippen molar-refractivity contribution >= 4 is 28.6 Å². The summed E-state index contributed by atoms with van der Waals surface area (Å²) >= 11 is 3.37. The quantitative estimate of drug-likeness (QED) is 0.415. The number of nitrogens with one attached hydrogen (secondary N) is 2. The first-order chi connectivity index (χ1) is 13.7. The van der Waals surface area contributed by atoms with Crippen molar-refractivity contribution in [2.75, 3.05) is 13.1 Å². The average molecular weight is 414 g/mol. The van der Waals surface area contributed by atoms with E-state index in [1.165, 1.54) is 5.56 Å². The molecule has 0 bridgehead atoms. The van der Waals surface area contributed by atoms with Crippen LogP contribution < -0.4 is 10.6 Å². The summed E-state index contributed by atoms with van der Waals surface area (Å²) in [6, 6.07) is 10.3. The lowest BCUT2D eigenvalue weighted by Gasteiger charge is -2.10. The number of rotatable bonds is 8. The van der Waals surface area contributed by atoms with E-state index in [2.05, 4.69) is 64.3 Å². The number of guanidine groups is 1. The molecule has 2 N–H and O–H groups in total. The first kappa shape index (κ1) is 20.5. The molecule has 0 saturated carbocycles. The van der Waals surface area contributed by atoms with E-state index in [-0.39, 0.29) is 0 Å². The van der Waals surface area contributed by atoms with Gasteiger partial charge in [0.15, 0.2) is 5.96 Å². The molecule has 1 aromatic carbocycles. The highest BCUT2D eigenvalue weighted by Crippen LogP contribution is 2.23. The fourth-order valence-electron chi connectivity index (χ4n) is 2.60. The van der Waals surface area contributed by atoms with E-state index in [0.29, 0.717) is 12.5 Å². The van der Waals surface area contributed by atoms with Gasteiger partial charge >= 0.3 is 0 Å². The lowest BCUT2D eigenvalue weighted by atomic mass is 10.2. The van der Waals surface area contributed by atoms with Gasteiger partial charge in [0.2, 0.25) is 0 Å². The second-order valence-corrected chi connectivity index (χ2v) is 8.50. The minimum atomic E-state index is 0.458. The maximum Gasteiger partial charge on any atom is 0.191 e. The van der Waals surface area contributed by atoms with Gasteiger partial charge in [0, 0.05) is 35.8 Å². The van der Waals surface area contributed by atoms with Crippen LogP contribution in [-0.2, 0) is 13.0 Å². The number of aromatic nitrogens is 2. The first-order valence-corrected chi connectivity index (χ1v) is 11.4. The molecule has 0 radical (unpaired) electrons. The van der Waals surface area contributed by atoms with Gasteiger partial charge in [-0.3, -0.25) is 0 Å². The van der Waals surface area contributed by atoms with E-state index in [0.717, 1.165) is 46.9 Å². The molecule has 5 nitrogen and oxygen atoms in total. The van der Waals surface area contributed by atoms with Gasteiger partial charge in [0.05, 0.1) is 17.9 Å². The molecule has 148 valence electrons. The first-order valence-electron chi connectivity index (χ1n) is 9.62. The van der Waals surface area contributed by atoms with Crippen LogP contribution in [0.4, 0.5) is 0 Å². The molecule has 0 spiro atoms. The molecule has 0 aliphatic heterocycles. The third-order valence-corrected chi connectivity index (χ3v) is 5.92. The largest absolute Gasteiger partial charge is 0.357 e. The molecule has 0 saturated heterocycles. The van der Waals surface area contributed by atoms with Crippen LogP contribution in [0.15, 0.2) is 46.1 Å². The molecule has 3 rings (SSSR count). The standard InChI is InChI=1S/C21H27N5S2/c1-4-22-21(24-12-19-26-18(14-27-19)15(2)3)23-11-10-17-13-28-20(25-17)16-8-6-5-7-9-16/h5-9,13-15H,4,10-12H2,1-3H3,(H2,22,23,24). The zero-order valence-electron chi connectivity index (χ0n) is 16.6. The van der Waals surface area contributed by atoms with E-state index in [4.69, 9.17) is 4.98 Å². The summed E-state index contributed by atoms with van der Waals surface area (Å²) in [7, 11) is 0. The Bertz CT molecular complexity index is 883. The Morgan fingerprint density at radius 3 is 2.61 bits per heavy atom. The zero-order valence-corrected chi connectivity index (χ0v) is 18.2. The normalized spacial score (nSPS) is 11.8. The van der Waals surface area contributed by atoms with Crippen LogP contribution in [0.25, 0.3) is 10.6 Å². The smallest absolute Gasteiger partial charge is 0.191 e. The molecule has 2 heterocycles. The lowest BCUT2D eigenvalue weighted by molar-refractivity contribution is 0.787. The lowest BCUT2D eigenvalue weighted by Crippen LogP contribution is -2.38. The van der Waals surface area contributed by atoms with Gasteiger partial charge in [-0.15, -0.1) is 22.7 Å². The highest BCUT2D eigenvalue weighted by molar-refractivity contribution is 7.13. The second-order valence-electron chi connectivity index (χ2n) is 6.70. The maximum absolute atomic E-state index is 4.75. The van der Waals surface area contributed by atoms with Gasteiger partial charge in [0.25, 0.3) is 0 Å². The second kappa shape index (κ2) is 10.3. The Morgan fingerprint density at radius 2 is 1.89 bits per heavy atom. The Morgan fingerprint density at radius 1 is 1.07 bits per heavy atom. The molecule has 0 aliphatic carbocycles. The minimum Gasteiger partial charge on any atom is -0.357 e. The Hall–Kier alpha value is -2.25. The predicted molar refractivity (Wildman–Crippen MR) is 120 cm³/mol. The molecule has 0 fully saturated rings. The molecule has 0 aliphatic rings. The van der Waals surface area contributed by atoms with Crippen molar-refractivity contribution in [3.63, 3.8) is 0 Å². The topological polar surface area (TPSA) is 62.2 Å². The summed E-state index contributed by atoms with van der Waals surface area (Å²) in [6.07, 6.45) is 0.864. The van der Waals surface area contributed by atoms with Crippen LogP contribution >= 0.6 is 22.7 Å². The highest BCUT2D eigenvalue weighted by atomic mass is 32.1. The monoisotopic (exact) mass is 413 g/mol. The molecular weight excluding hydrogens is 386 g/mol. The number of hydrogen-bond donors (Lipinski definition) is 2. The summed E-state index contributed by atoms with van der Waals surface area (Å²) in [5, 5.41) is 13.1. The van der Waals surface area contributed by atoms with Crippen molar-refractivity contribution in [1.29, 1.82) is 0 Å². The third kappa shape index (κ3) is 5.87. The van der Waals surface area contributed by atoms with Gasteiger partial charge in [0.1, 0.15) is 10.0 Å². The third-order valence-electron chi connectivity index (χ3n) is 4.12. The van der Waals surface area contributed by atoms with Crippen LogP contribution in [0.5, 0.6) is 0 Å². The van der Waals surface area contributed by atoms with Crippen LogP contribution in [0.2, 0.25) is 0 Å². The SMILES string of the molecule is CCNC(=NCc1nc(C(C)C)cs1)NCCc1csc(-c2ccccc2)n1. The van der Waals surface area contributed by atoms with E-state index >= 15 is 0 Å². The number of benzene rings is 1. The fourth-order valence-corrected chi connectivity index (χ4v) is 4.33. The van der Waals surface area contributed by atoms with E-state index in [1.807, 2.05) is 18.2 Å². The van der Waals surface area contributed by atoms with Crippen molar-refractivity contribution in [2.24, 2.45) is 4.99 Å². The highest BCUT2D eigenvalue weighted by Gasteiger charge is 2.07. The summed E-state index contributed by atoms with van der Waals surface area (Å²) in [6.45, 7) is 8.62. The molecule has 0 atom stereocenters. The van der Waals surface area contributed by atoms with E-state index < -0.39 is 0 Å². The molecular formula is C21H27N5S2. The van der Waals surface area contributed by atoms with Crippen LogP contribution in [-0.4, -0.2) is 29.0 Å². The van der Waals surface area contributed by atoms with Crippen molar-refractivity contribution < 1.29 is 0 Å². The number of hydrogen-bond acceptors (Lipinski definition) is 5. The Balaban J connectivity index is 1.52. The number of nitrogens with zero attached hydrogens (tertiary/aromatic N) is 3. The molecule has 0 unspecified atom stereocenters. The van der Waals surface area contributed by atoms with Crippen molar-refractivity contribution in [2.45, 2.75) is 39.7 Å². The fraction of sp³-hybridized carbons (Fsp3) is 0.381. The van der Waals surface area contributed by atoms with Crippen molar-refractivity contribution in [3.8, 4) is 10.6 Å². The van der Waals surface area contributed by atoms with E-state index in [1.54, 1.807) is 22.7 Å². The van der Waals surface area contributed by atoms with E-state index in [9.17, 15) is 0 Å². The number of aliphatic imine (C=N–C) groups is 1. The average Bonchev–Trinajstić information content (AvgIpc) is 3.37. The van der Waals surface area contributed by atoms with Crippen molar-refractivity contribution in [3.05, 3.63) is 57.5 Å². The summed E-state index contributed by atoms with van der Waals surface area (Å²) < 4.78 is 0. The molecule has 3 aromatic rings. The molecule has 7 heteroatoms.